The number of halogens is 2. The second-order valence-electron chi connectivity index (χ2n) is 7.60. The molecule has 0 spiro atoms. The first kappa shape index (κ1) is 23.5. The maximum atomic E-state index is 6.16. The van der Waals surface area contributed by atoms with Crippen LogP contribution in [0.15, 0.2) is 72.8 Å². The molecule has 0 radical (unpaired) electrons. The third kappa shape index (κ3) is 5.35. The summed E-state index contributed by atoms with van der Waals surface area (Å²) in [7, 11) is 0. The first-order valence-electron chi connectivity index (χ1n) is 9.85. The van der Waals surface area contributed by atoms with Gasteiger partial charge >= 0.3 is 41.9 Å². The van der Waals surface area contributed by atoms with Gasteiger partial charge in [0.25, 0.3) is 0 Å². The van der Waals surface area contributed by atoms with E-state index in [9.17, 15) is 0 Å². The summed E-state index contributed by atoms with van der Waals surface area (Å²) in [5.74, 6) is 0. The molecule has 0 saturated heterocycles. The van der Waals surface area contributed by atoms with Crippen molar-refractivity contribution in [1.82, 2.24) is 0 Å². The van der Waals surface area contributed by atoms with Crippen molar-refractivity contribution in [2.75, 3.05) is 0 Å². The van der Waals surface area contributed by atoms with Crippen molar-refractivity contribution >= 4 is 61.0 Å². The van der Waals surface area contributed by atoms with Gasteiger partial charge in [0.2, 0.25) is 0 Å². The molecule has 0 aliphatic rings. The molecule has 30 heavy (non-hydrogen) atoms. The summed E-state index contributed by atoms with van der Waals surface area (Å²) >= 11 is 13.9. The van der Waals surface area contributed by atoms with Crippen LogP contribution in [0.4, 0.5) is 0 Å². The number of hydrogen-bond donors (Lipinski definition) is 0. The Morgan fingerprint density at radius 1 is 0.733 bits per heavy atom. The van der Waals surface area contributed by atoms with E-state index in [1.165, 1.54) is 26.9 Å². The molecular weight excluding hydrogens is 503 g/mol. The van der Waals surface area contributed by atoms with Gasteiger partial charge in [-0.1, -0.05) is 71.6 Å². The molecule has 0 aliphatic heterocycles. The molecule has 5 aromatic rings. The van der Waals surface area contributed by atoms with Crippen LogP contribution in [0.5, 0.6) is 0 Å². The SMILES string of the molecule is C[Si](C)=[Zr+2].Cc1[cH-]c2ccc(Cl)c(C)c2c1Cl.c1ccc2c(c1)[cH-]c1ccccc12. The maximum absolute atomic E-state index is 6.16. The Balaban J connectivity index is 0.000000146. The summed E-state index contributed by atoms with van der Waals surface area (Å²) in [5.41, 5.74) is 2.39. The van der Waals surface area contributed by atoms with Crippen LogP contribution in [-0.4, -0.2) is 5.43 Å². The fourth-order valence-corrected chi connectivity index (χ4v) is 3.98. The van der Waals surface area contributed by atoms with Gasteiger partial charge < -0.3 is 0 Å². The average molecular weight is 527 g/mol. The molecule has 0 fully saturated rings. The van der Waals surface area contributed by atoms with Gasteiger partial charge in [0, 0.05) is 5.02 Å². The van der Waals surface area contributed by atoms with Gasteiger partial charge in [-0.05, 0) is 6.92 Å². The van der Waals surface area contributed by atoms with E-state index in [0.29, 0.717) is 0 Å². The van der Waals surface area contributed by atoms with Crippen LogP contribution < -0.4 is 0 Å². The minimum Gasteiger partial charge on any atom is -0.156 e. The number of hydrogen-bond acceptors (Lipinski definition) is 0. The van der Waals surface area contributed by atoms with E-state index in [1.807, 2.05) is 26.0 Å². The summed E-state index contributed by atoms with van der Waals surface area (Å²) in [6, 6.07) is 25.3. The summed E-state index contributed by atoms with van der Waals surface area (Å²) < 4.78 is 0. The first-order chi connectivity index (χ1) is 14.3. The Morgan fingerprint density at radius 3 is 1.77 bits per heavy atom. The topological polar surface area (TPSA) is 0 Å². The molecule has 0 amide bonds. The van der Waals surface area contributed by atoms with Crippen molar-refractivity contribution in [3.8, 4) is 0 Å². The van der Waals surface area contributed by atoms with Crippen LogP contribution in [-0.2, 0) is 23.3 Å². The fraction of sp³-hybridized carbons (Fsp3) is 0.154. The zero-order chi connectivity index (χ0) is 21.8. The maximum Gasteiger partial charge on any atom is 0.0250 e. The van der Waals surface area contributed by atoms with Gasteiger partial charge in [0.15, 0.2) is 0 Å². The zero-order valence-electron chi connectivity index (χ0n) is 17.7. The number of aryl methyl sites for hydroxylation is 2. The largest absolute Gasteiger partial charge is 0.156 e. The summed E-state index contributed by atoms with van der Waals surface area (Å²) in [6.45, 7) is 8.62. The predicted molar refractivity (Wildman–Crippen MR) is 134 cm³/mol. The second kappa shape index (κ2) is 10.4. The van der Waals surface area contributed by atoms with Crippen LogP contribution >= 0.6 is 23.2 Å². The summed E-state index contributed by atoms with van der Waals surface area (Å²) in [6.07, 6.45) is 0. The van der Waals surface area contributed by atoms with Gasteiger partial charge in [-0.2, -0.15) is 11.6 Å². The van der Waals surface area contributed by atoms with Crippen LogP contribution in [0.2, 0.25) is 23.1 Å². The third-order valence-corrected chi connectivity index (χ3v) is 5.79. The minimum absolute atomic E-state index is 0.210. The first-order valence-corrected chi connectivity index (χ1v) is 16.8. The van der Waals surface area contributed by atoms with Gasteiger partial charge in [-0.3, -0.25) is 0 Å². The van der Waals surface area contributed by atoms with Gasteiger partial charge in [0.05, 0.1) is 0 Å². The molecule has 0 aromatic heterocycles. The molecule has 4 heteroatoms. The van der Waals surface area contributed by atoms with E-state index in [1.54, 1.807) is 23.3 Å². The molecular formula is C26H24Cl2SiZr. The van der Waals surface area contributed by atoms with Gasteiger partial charge in [0.1, 0.15) is 0 Å². The summed E-state index contributed by atoms with van der Waals surface area (Å²) in [4.78, 5) is 0. The van der Waals surface area contributed by atoms with Crippen LogP contribution in [0.25, 0.3) is 32.3 Å². The van der Waals surface area contributed by atoms with E-state index in [-0.39, 0.29) is 5.43 Å². The van der Waals surface area contributed by atoms with Crippen molar-refractivity contribution in [2.24, 2.45) is 0 Å². The fourth-order valence-electron chi connectivity index (χ4n) is 3.52. The van der Waals surface area contributed by atoms with E-state index in [2.05, 4.69) is 73.8 Å². The van der Waals surface area contributed by atoms with E-state index in [0.717, 1.165) is 26.6 Å². The predicted octanol–water partition coefficient (Wildman–Crippen LogP) is 8.98. The normalized spacial score (nSPS) is 10.5. The second-order valence-corrected chi connectivity index (χ2v) is 17.8. The zero-order valence-corrected chi connectivity index (χ0v) is 22.7. The van der Waals surface area contributed by atoms with Gasteiger partial charge in [-0.25, -0.2) is 0 Å². The van der Waals surface area contributed by atoms with Crippen LogP contribution in [0.3, 0.4) is 0 Å². The van der Waals surface area contributed by atoms with Crippen molar-refractivity contribution in [3.63, 3.8) is 0 Å². The molecule has 0 atom stereocenters. The van der Waals surface area contributed by atoms with E-state index < -0.39 is 0 Å². The Morgan fingerprint density at radius 2 is 1.23 bits per heavy atom. The Bertz CT molecular complexity index is 1270. The molecule has 5 rings (SSSR count). The average Bonchev–Trinajstić information content (AvgIpc) is 3.23. The molecule has 150 valence electrons. The standard InChI is InChI=1S/C13H9.C11H9Cl2.C2H6Si.Zr/c1-3-7-12-10(5-1)9-11-6-2-4-8-13(11)12;1-6-5-8-3-4-9(12)7(2)10(8)11(6)13;1-3-2;/h1-9H;3-5H,1-2H3;1-2H3;/q2*-1;;+2. The molecule has 0 nitrogen and oxygen atoms in total. The van der Waals surface area contributed by atoms with E-state index >= 15 is 0 Å². The van der Waals surface area contributed by atoms with Crippen molar-refractivity contribution in [3.05, 3.63) is 94.0 Å². The monoisotopic (exact) mass is 524 g/mol. The van der Waals surface area contributed by atoms with Crippen molar-refractivity contribution in [1.29, 1.82) is 0 Å². The van der Waals surface area contributed by atoms with Gasteiger partial charge in [-0.15, -0.1) is 68.2 Å². The Kier molecular flexibility index (Phi) is 8.16. The van der Waals surface area contributed by atoms with Crippen LogP contribution in [0.1, 0.15) is 11.1 Å². The van der Waals surface area contributed by atoms with Crippen molar-refractivity contribution < 1.29 is 23.3 Å². The number of benzene rings is 3. The molecule has 5 aromatic carbocycles. The summed E-state index contributed by atoms with van der Waals surface area (Å²) in [5, 5.41) is 9.26. The molecule has 0 bridgehead atoms. The number of fused-ring (bicyclic) bond motifs is 4. The minimum atomic E-state index is 0.210. The molecule has 0 heterocycles. The Labute approximate surface area is 203 Å². The molecule has 0 saturated carbocycles. The quantitative estimate of drug-likeness (QED) is 0.140. The van der Waals surface area contributed by atoms with E-state index in [4.69, 9.17) is 23.2 Å². The van der Waals surface area contributed by atoms with Crippen molar-refractivity contribution in [2.45, 2.75) is 26.9 Å². The Hall–Kier alpha value is -1.18. The third-order valence-electron chi connectivity index (χ3n) is 4.89. The molecule has 0 N–H and O–H groups in total. The number of rotatable bonds is 0. The molecule has 0 unspecified atom stereocenters. The smallest absolute Gasteiger partial charge is 0.0250 e. The molecule has 0 aliphatic carbocycles. The van der Waals surface area contributed by atoms with Crippen LogP contribution in [0, 0.1) is 13.8 Å².